The number of aromatic nitrogens is 1. The largest absolute Gasteiger partial charge is 0.444 e. The summed E-state index contributed by atoms with van der Waals surface area (Å²) in [6.45, 7) is 15.1. The Balaban J connectivity index is 2.10. The monoisotopic (exact) mass is 350 g/mol. The molecule has 1 aliphatic rings. The summed E-state index contributed by atoms with van der Waals surface area (Å²) in [5, 5.41) is 3.99. The van der Waals surface area contributed by atoms with Crippen molar-refractivity contribution in [2.24, 2.45) is 5.92 Å². The summed E-state index contributed by atoms with van der Waals surface area (Å²) in [7, 11) is 0. The van der Waals surface area contributed by atoms with Gasteiger partial charge in [-0.2, -0.15) is 0 Å². The Morgan fingerprint density at radius 1 is 1.48 bits per heavy atom. The number of aryl methyl sites for hydroxylation is 1. The molecule has 0 aliphatic heterocycles. The van der Waals surface area contributed by atoms with Gasteiger partial charge < -0.3 is 14.2 Å². The highest BCUT2D eigenvalue weighted by Crippen LogP contribution is 2.43. The third kappa shape index (κ3) is 4.56. The highest BCUT2D eigenvalue weighted by Gasteiger charge is 2.41. The lowest BCUT2D eigenvalue weighted by atomic mass is 9.67. The third-order valence-corrected chi connectivity index (χ3v) is 5.26. The third-order valence-electron chi connectivity index (χ3n) is 5.26. The van der Waals surface area contributed by atoms with Crippen LogP contribution >= 0.6 is 0 Å². The van der Waals surface area contributed by atoms with Crippen LogP contribution in [0.3, 0.4) is 0 Å². The molecular formula is C20H34N2O3. The van der Waals surface area contributed by atoms with Gasteiger partial charge in [-0.15, -0.1) is 0 Å². The zero-order chi connectivity index (χ0) is 18.8. The van der Waals surface area contributed by atoms with Crippen LogP contribution in [0.5, 0.6) is 0 Å². The van der Waals surface area contributed by atoms with Crippen LogP contribution in [-0.4, -0.2) is 34.3 Å². The second kappa shape index (κ2) is 7.38. The van der Waals surface area contributed by atoms with Crippen molar-refractivity contribution in [2.45, 2.75) is 91.2 Å². The van der Waals surface area contributed by atoms with Crippen LogP contribution in [0.4, 0.5) is 4.79 Å². The van der Waals surface area contributed by atoms with Crippen LogP contribution in [0.15, 0.2) is 10.7 Å². The van der Waals surface area contributed by atoms with E-state index in [-0.39, 0.29) is 17.6 Å². The number of amides is 1. The number of rotatable bonds is 5. The van der Waals surface area contributed by atoms with E-state index in [9.17, 15) is 4.79 Å². The van der Waals surface area contributed by atoms with E-state index in [4.69, 9.17) is 9.26 Å². The van der Waals surface area contributed by atoms with E-state index in [1.54, 1.807) is 0 Å². The summed E-state index contributed by atoms with van der Waals surface area (Å²) in [6.07, 6.45) is 5.59. The van der Waals surface area contributed by atoms with Crippen LogP contribution in [0.1, 0.15) is 79.1 Å². The smallest absolute Gasteiger partial charge is 0.410 e. The average molecular weight is 351 g/mol. The molecule has 1 aromatic rings. The summed E-state index contributed by atoms with van der Waals surface area (Å²) in [6, 6.07) is 0.128. The van der Waals surface area contributed by atoms with Crippen molar-refractivity contribution in [3.63, 3.8) is 0 Å². The van der Waals surface area contributed by atoms with Crippen LogP contribution in [0, 0.1) is 5.92 Å². The molecule has 2 atom stereocenters. The zero-order valence-corrected chi connectivity index (χ0v) is 16.9. The SMILES string of the molecule is CCCN(C(=O)OC(C)(C)C)[C@@H](C)C[C@@H]1CCc2cnoc2C1(C)C. The Labute approximate surface area is 152 Å². The van der Waals surface area contributed by atoms with E-state index in [1.165, 1.54) is 5.56 Å². The molecule has 1 heterocycles. The van der Waals surface area contributed by atoms with Crippen LogP contribution in [-0.2, 0) is 16.6 Å². The van der Waals surface area contributed by atoms with Gasteiger partial charge in [0.2, 0.25) is 0 Å². The summed E-state index contributed by atoms with van der Waals surface area (Å²) in [5.41, 5.74) is 0.692. The van der Waals surface area contributed by atoms with Gasteiger partial charge in [0.1, 0.15) is 11.4 Å². The standard InChI is InChI=1S/C20H34N2O3/c1-8-11-22(18(23)24-19(3,4)5)14(2)12-16-10-9-15-13-21-25-17(15)20(16,6)7/h13-14,16H,8-12H2,1-7H3/t14-,16-/m0/s1. The molecule has 0 fully saturated rings. The molecule has 0 bridgehead atoms. The first-order valence-corrected chi connectivity index (χ1v) is 9.50. The predicted octanol–water partition coefficient (Wildman–Crippen LogP) is 4.94. The summed E-state index contributed by atoms with van der Waals surface area (Å²) < 4.78 is 11.2. The van der Waals surface area contributed by atoms with E-state index in [1.807, 2.05) is 31.9 Å². The molecule has 0 saturated heterocycles. The number of carbonyl (C=O) groups is 1. The van der Waals surface area contributed by atoms with Gasteiger partial charge in [-0.3, -0.25) is 0 Å². The van der Waals surface area contributed by atoms with Gasteiger partial charge >= 0.3 is 6.09 Å². The van der Waals surface area contributed by atoms with Crippen molar-refractivity contribution < 1.29 is 14.1 Å². The summed E-state index contributed by atoms with van der Waals surface area (Å²) in [4.78, 5) is 14.5. The summed E-state index contributed by atoms with van der Waals surface area (Å²) in [5.74, 6) is 1.46. The van der Waals surface area contributed by atoms with E-state index in [0.29, 0.717) is 5.92 Å². The Kier molecular flexibility index (Phi) is 5.85. The van der Waals surface area contributed by atoms with Crippen molar-refractivity contribution in [1.29, 1.82) is 0 Å². The molecule has 0 spiro atoms. The topological polar surface area (TPSA) is 55.6 Å². The van der Waals surface area contributed by atoms with Gasteiger partial charge in [0.05, 0.1) is 6.20 Å². The van der Waals surface area contributed by atoms with Crippen LogP contribution < -0.4 is 0 Å². The summed E-state index contributed by atoms with van der Waals surface area (Å²) >= 11 is 0. The fourth-order valence-electron chi connectivity index (χ4n) is 3.85. The first-order valence-electron chi connectivity index (χ1n) is 9.50. The van der Waals surface area contributed by atoms with Gasteiger partial charge in [0, 0.05) is 23.6 Å². The molecular weight excluding hydrogens is 316 g/mol. The van der Waals surface area contributed by atoms with E-state index < -0.39 is 5.60 Å². The molecule has 1 amide bonds. The van der Waals surface area contributed by atoms with Crippen molar-refractivity contribution in [3.8, 4) is 0 Å². The highest BCUT2D eigenvalue weighted by atomic mass is 16.6. The Bertz CT molecular complexity index is 586. The number of ether oxygens (including phenoxy) is 1. The first-order chi connectivity index (χ1) is 11.6. The average Bonchev–Trinajstić information content (AvgIpc) is 2.95. The van der Waals surface area contributed by atoms with Gasteiger partial charge in [-0.05, 0) is 59.3 Å². The van der Waals surface area contributed by atoms with Crippen molar-refractivity contribution in [2.75, 3.05) is 6.54 Å². The van der Waals surface area contributed by atoms with E-state index >= 15 is 0 Å². The lowest BCUT2D eigenvalue weighted by molar-refractivity contribution is 0.0134. The first kappa shape index (κ1) is 19.8. The van der Waals surface area contributed by atoms with Crippen molar-refractivity contribution >= 4 is 6.09 Å². The Morgan fingerprint density at radius 2 is 2.16 bits per heavy atom. The van der Waals surface area contributed by atoms with Gasteiger partial charge in [0.25, 0.3) is 0 Å². The van der Waals surface area contributed by atoms with Gasteiger partial charge in [-0.1, -0.05) is 25.9 Å². The highest BCUT2D eigenvalue weighted by molar-refractivity contribution is 5.68. The molecule has 0 aromatic carbocycles. The lowest BCUT2D eigenvalue weighted by Crippen LogP contribution is -2.45. The van der Waals surface area contributed by atoms with Gasteiger partial charge in [-0.25, -0.2) is 4.79 Å². The molecule has 5 nitrogen and oxygen atoms in total. The van der Waals surface area contributed by atoms with Gasteiger partial charge in [0.15, 0.2) is 0 Å². The second-order valence-corrected chi connectivity index (χ2v) is 8.90. The molecule has 142 valence electrons. The van der Waals surface area contributed by atoms with Crippen molar-refractivity contribution in [3.05, 3.63) is 17.5 Å². The Morgan fingerprint density at radius 3 is 2.76 bits per heavy atom. The molecule has 2 rings (SSSR count). The maximum Gasteiger partial charge on any atom is 0.410 e. The molecule has 5 heteroatoms. The van der Waals surface area contributed by atoms with Crippen LogP contribution in [0.2, 0.25) is 0 Å². The normalized spacial score (nSPS) is 20.7. The molecule has 25 heavy (non-hydrogen) atoms. The maximum atomic E-state index is 12.6. The zero-order valence-electron chi connectivity index (χ0n) is 16.9. The number of hydrogen-bond donors (Lipinski definition) is 0. The number of hydrogen-bond acceptors (Lipinski definition) is 4. The predicted molar refractivity (Wildman–Crippen MR) is 98.7 cm³/mol. The number of fused-ring (bicyclic) bond motifs is 1. The van der Waals surface area contributed by atoms with Crippen molar-refractivity contribution in [1.82, 2.24) is 10.1 Å². The molecule has 0 saturated carbocycles. The van der Waals surface area contributed by atoms with Crippen LogP contribution in [0.25, 0.3) is 0 Å². The molecule has 1 aromatic heterocycles. The minimum Gasteiger partial charge on any atom is -0.444 e. The minimum atomic E-state index is -0.471. The molecule has 1 aliphatic carbocycles. The maximum absolute atomic E-state index is 12.6. The molecule has 0 unspecified atom stereocenters. The number of carbonyl (C=O) groups excluding carboxylic acids is 1. The van der Waals surface area contributed by atoms with E-state index in [0.717, 1.165) is 38.0 Å². The minimum absolute atomic E-state index is 0.0653. The Hall–Kier alpha value is -1.52. The lowest BCUT2D eigenvalue weighted by Gasteiger charge is -2.40. The van der Waals surface area contributed by atoms with E-state index in [2.05, 4.69) is 32.9 Å². The quantitative estimate of drug-likeness (QED) is 0.754. The fraction of sp³-hybridized carbons (Fsp3) is 0.800. The molecule has 0 N–H and O–H groups in total. The fourth-order valence-corrected chi connectivity index (χ4v) is 3.85. The number of nitrogens with zero attached hydrogens (tertiary/aromatic N) is 2. The second-order valence-electron chi connectivity index (χ2n) is 8.90. The molecule has 0 radical (unpaired) electrons.